The number of ether oxygens (including phenoxy) is 1. The van der Waals surface area contributed by atoms with Crippen LogP contribution in [0.25, 0.3) is 0 Å². The van der Waals surface area contributed by atoms with Crippen LogP contribution in [-0.4, -0.2) is 49.3 Å². The van der Waals surface area contributed by atoms with Gasteiger partial charge in [0.15, 0.2) is 9.84 Å². The van der Waals surface area contributed by atoms with E-state index in [1.807, 2.05) is 0 Å². The Balaban J connectivity index is 2.14. The van der Waals surface area contributed by atoms with Crippen molar-refractivity contribution in [1.82, 2.24) is 10.3 Å². The fourth-order valence-electron chi connectivity index (χ4n) is 1.91. The minimum absolute atomic E-state index is 0.118. The third-order valence-corrected chi connectivity index (χ3v) is 5.22. The van der Waals surface area contributed by atoms with E-state index < -0.39 is 27.2 Å². The van der Waals surface area contributed by atoms with Crippen LogP contribution < -0.4 is 10.1 Å². The van der Waals surface area contributed by atoms with Crippen molar-refractivity contribution in [1.29, 1.82) is 0 Å². The molecule has 1 aliphatic rings. The molecule has 2 unspecified atom stereocenters. The van der Waals surface area contributed by atoms with Crippen LogP contribution in [0.5, 0.6) is 5.75 Å². The Labute approximate surface area is 116 Å². The molecule has 19 heavy (non-hydrogen) atoms. The quantitative estimate of drug-likeness (QED) is 0.808. The molecule has 2 atom stereocenters. The summed E-state index contributed by atoms with van der Waals surface area (Å²) in [5.74, 6) is -0.355. The summed E-state index contributed by atoms with van der Waals surface area (Å²) in [6, 6.07) is 0.915. The van der Waals surface area contributed by atoms with Gasteiger partial charge in [-0.1, -0.05) is 0 Å². The van der Waals surface area contributed by atoms with E-state index in [0.29, 0.717) is 11.3 Å². The number of carbonyl (C=O) groups excluding carboxylic acids is 1. The average Bonchev–Trinajstić information content (AvgIpc) is 2.62. The van der Waals surface area contributed by atoms with Gasteiger partial charge < -0.3 is 10.1 Å². The molecular weight excluding hydrogens is 292 g/mol. The number of alkyl halides is 1. The molecule has 1 amide bonds. The van der Waals surface area contributed by atoms with Crippen LogP contribution in [0, 0.1) is 0 Å². The molecule has 6 nitrogen and oxygen atoms in total. The Kier molecular flexibility index (Phi) is 3.96. The lowest BCUT2D eigenvalue weighted by Gasteiger charge is -2.15. The van der Waals surface area contributed by atoms with Crippen molar-refractivity contribution in [3.05, 3.63) is 24.0 Å². The molecule has 1 fully saturated rings. The number of hydrogen-bond acceptors (Lipinski definition) is 5. The van der Waals surface area contributed by atoms with E-state index in [4.69, 9.17) is 16.3 Å². The average molecular weight is 305 g/mol. The second kappa shape index (κ2) is 5.34. The number of amides is 1. The molecule has 0 saturated carbocycles. The highest BCUT2D eigenvalue weighted by atomic mass is 35.5. The molecule has 0 bridgehead atoms. The molecule has 2 heterocycles. The van der Waals surface area contributed by atoms with Crippen molar-refractivity contribution in [3.8, 4) is 5.75 Å². The predicted molar refractivity (Wildman–Crippen MR) is 70.3 cm³/mol. The Hall–Kier alpha value is -1.34. The largest absolute Gasteiger partial charge is 0.494 e. The number of sulfone groups is 1. The number of aromatic nitrogens is 1. The first kappa shape index (κ1) is 14.1. The zero-order valence-electron chi connectivity index (χ0n) is 10.2. The molecule has 104 valence electrons. The van der Waals surface area contributed by atoms with E-state index in [9.17, 15) is 13.2 Å². The first-order valence-electron chi connectivity index (χ1n) is 5.56. The second-order valence-corrected chi connectivity index (χ2v) is 6.96. The zero-order chi connectivity index (χ0) is 14.0. The van der Waals surface area contributed by atoms with Gasteiger partial charge in [-0.05, 0) is 6.07 Å². The highest BCUT2D eigenvalue weighted by molar-refractivity contribution is 7.91. The fraction of sp³-hybridized carbons (Fsp3) is 0.455. The first-order valence-corrected chi connectivity index (χ1v) is 7.82. The van der Waals surface area contributed by atoms with Gasteiger partial charge in [0.05, 0.1) is 41.8 Å². The van der Waals surface area contributed by atoms with E-state index in [0.717, 1.165) is 0 Å². The van der Waals surface area contributed by atoms with Crippen molar-refractivity contribution in [2.75, 3.05) is 18.6 Å². The van der Waals surface area contributed by atoms with Crippen LogP contribution in [-0.2, 0) is 9.84 Å². The van der Waals surface area contributed by atoms with E-state index in [-0.39, 0.29) is 11.5 Å². The molecule has 1 aromatic heterocycles. The third kappa shape index (κ3) is 3.16. The molecule has 1 N–H and O–H groups in total. The van der Waals surface area contributed by atoms with E-state index >= 15 is 0 Å². The molecule has 1 aliphatic heterocycles. The Morgan fingerprint density at radius 3 is 2.84 bits per heavy atom. The van der Waals surface area contributed by atoms with E-state index in [1.54, 1.807) is 0 Å². The van der Waals surface area contributed by atoms with E-state index in [2.05, 4.69) is 10.3 Å². The molecular formula is C11H13ClN2O4S. The molecule has 8 heteroatoms. The summed E-state index contributed by atoms with van der Waals surface area (Å²) in [7, 11) is -1.75. The number of rotatable bonds is 3. The summed E-state index contributed by atoms with van der Waals surface area (Å²) in [5, 5.41) is 2.01. The molecule has 1 saturated heterocycles. The first-order chi connectivity index (χ1) is 8.93. The number of nitrogens with zero attached hydrogens (tertiary/aromatic N) is 1. The van der Waals surface area contributed by atoms with Crippen LogP contribution >= 0.6 is 11.6 Å². The minimum Gasteiger partial charge on any atom is -0.494 e. The van der Waals surface area contributed by atoms with Crippen molar-refractivity contribution < 1.29 is 17.9 Å². The minimum atomic E-state index is -3.18. The summed E-state index contributed by atoms with van der Waals surface area (Å²) < 4.78 is 27.9. The predicted octanol–water partition coefficient (Wildman–Crippen LogP) is 0.224. The number of nitrogens with one attached hydrogen (secondary N) is 1. The van der Waals surface area contributed by atoms with Crippen molar-refractivity contribution >= 4 is 27.3 Å². The summed E-state index contributed by atoms with van der Waals surface area (Å²) in [4.78, 5) is 15.9. The van der Waals surface area contributed by atoms with Gasteiger partial charge in [0.25, 0.3) is 5.91 Å². The summed E-state index contributed by atoms with van der Waals surface area (Å²) in [5.41, 5.74) is 0.297. The molecule has 0 spiro atoms. The van der Waals surface area contributed by atoms with Crippen LogP contribution in [0.3, 0.4) is 0 Å². The van der Waals surface area contributed by atoms with Gasteiger partial charge in [-0.25, -0.2) is 8.42 Å². The fourth-order valence-corrected chi connectivity index (χ4v) is 4.46. The maximum absolute atomic E-state index is 12.1. The highest BCUT2D eigenvalue weighted by Crippen LogP contribution is 2.20. The van der Waals surface area contributed by atoms with Crippen molar-refractivity contribution in [3.63, 3.8) is 0 Å². The SMILES string of the molecule is COc1cnccc1C(=O)NC1CS(=O)(=O)CC1Cl. The smallest absolute Gasteiger partial charge is 0.255 e. The number of carbonyl (C=O) groups is 1. The normalized spacial score (nSPS) is 24.9. The Bertz CT molecular complexity index is 590. The number of halogens is 1. The van der Waals surface area contributed by atoms with Gasteiger partial charge in [-0.2, -0.15) is 0 Å². The van der Waals surface area contributed by atoms with Gasteiger partial charge in [0.2, 0.25) is 0 Å². The Morgan fingerprint density at radius 2 is 2.26 bits per heavy atom. The summed E-state index contributed by atoms with van der Waals surface area (Å²) >= 11 is 5.93. The lowest BCUT2D eigenvalue weighted by atomic mass is 10.2. The lowest BCUT2D eigenvalue weighted by molar-refractivity contribution is 0.0938. The summed E-state index contributed by atoms with van der Waals surface area (Å²) in [6.07, 6.45) is 2.87. The summed E-state index contributed by atoms with van der Waals surface area (Å²) in [6.45, 7) is 0. The monoisotopic (exact) mass is 304 g/mol. The third-order valence-electron chi connectivity index (χ3n) is 2.85. The van der Waals surface area contributed by atoms with Gasteiger partial charge in [0, 0.05) is 6.20 Å². The standard InChI is InChI=1S/C11H13ClN2O4S/c1-18-10-4-13-3-2-7(10)11(15)14-9-6-19(16,17)5-8(9)12/h2-4,8-9H,5-6H2,1H3,(H,14,15). The van der Waals surface area contributed by atoms with Crippen LogP contribution in [0.4, 0.5) is 0 Å². The Morgan fingerprint density at radius 1 is 1.53 bits per heavy atom. The van der Waals surface area contributed by atoms with Crippen LogP contribution in [0.1, 0.15) is 10.4 Å². The van der Waals surface area contributed by atoms with Gasteiger partial charge in [-0.15, -0.1) is 11.6 Å². The van der Waals surface area contributed by atoms with Crippen molar-refractivity contribution in [2.24, 2.45) is 0 Å². The molecule has 0 aliphatic carbocycles. The number of methoxy groups -OCH3 is 1. The van der Waals surface area contributed by atoms with E-state index in [1.165, 1.54) is 25.6 Å². The molecule has 2 rings (SSSR count). The van der Waals surface area contributed by atoms with Crippen LogP contribution in [0.2, 0.25) is 0 Å². The second-order valence-electron chi connectivity index (χ2n) is 4.25. The molecule has 1 aromatic rings. The lowest BCUT2D eigenvalue weighted by Crippen LogP contribution is -2.40. The number of pyridine rings is 1. The van der Waals surface area contributed by atoms with Crippen molar-refractivity contribution in [2.45, 2.75) is 11.4 Å². The zero-order valence-corrected chi connectivity index (χ0v) is 11.7. The van der Waals surface area contributed by atoms with Gasteiger partial charge in [-0.3, -0.25) is 9.78 Å². The topological polar surface area (TPSA) is 85.4 Å². The van der Waals surface area contributed by atoms with Crippen LogP contribution in [0.15, 0.2) is 18.5 Å². The molecule has 0 radical (unpaired) electrons. The maximum atomic E-state index is 12.1. The highest BCUT2D eigenvalue weighted by Gasteiger charge is 2.37. The molecule has 0 aromatic carbocycles. The van der Waals surface area contributed by atoms with Gasteiger partial charge in [0.1, 0.15) is 5.75 Å². The number of hydrogen-bond donors (Lipinski definition) is 1. The maximum Gasteiger partial charge on any atom is 0.255 e. The van der Waals surface area contributed by atoms with Gasteiger partial charge >= 0.3 is 0 Å².